The number of ether oxygens (including phenoxy) is 1. The Morgan fingerprint density at radius 2 is 2.06 bits per heavy atom. The second kappa shape index (κ2) is 5.33. The predicted molar refractivity (Wildman–Crippen MR) is 66.4 cm³/mol. The molecule has 0 radical (unpaired) electrons. The molecule has 1 aromatic carbocycles. The summed E-state index contributed by atoms with van der Waals surface area (Å²) in [5, 5.41) is 3.13. The lowest BCUT2D eigenvalue weighted by Crippen LogP contribution is -2.27. The topological polar surface area (TPSA) is 21.3 Å². The van der Waals surface area contributed by atoms with Crippen LogP contribution >= 0.6 is 0 Å². The van der Waals surface area contributed by atoms with Gasteiger partial charge in [0, 0.05) is 23.6 Å². The van der Waals surface area contributed by atoms with Crippen LogP contribution in [-0.4, -0.2) is 19.8 Å². The molecule has 0 bridgehead atoms. The van der Waals surface area contributed by atoms with Crippen molar-refractivity contribution in [2.75, 3.05) is 13.7 Å². The van der Waals surface area contributed by atoms with Crippen molar-refractivity contribution in [3.05, 3.63) is 34.9 Å². The molecule has 0 amide bonds. The van der Waals surface area contributed by atoms with Crippen molar-refractivity contribution < 1.29 is 13.5 Å². The third kappa shape index (κ3) is 2.54. The zero-order chi connectivity index (χ0) is 13.3. The van der Waals surface area contributed by atoms with Crippen LogP contribution in [0.4, 0.5) is 8.78 Å². The Kier molecular flexibility index (Phi) is 3.97. The van der Waals surface area contributed by atoms with Crippen molar-refractivity contribution in [1.29, 1.82) is 0 Å². The molecule has 3 atom stereocenters. The van der Waals surface area contributed by atoms with Crippen LogP contribution in [0.3, 0.4) is 0 Å². The Balaban J connectivity index is 2.30. The Bertz CT molecular complexity index is 436. The minimum absolute atomic E-state index is 0.130. The molecule has 1 aromatic rings. The summed E-state index contributed by atoms with van der Waals surface area (Å²) < 4.78 is 32.7. The highest BCUT2D eigenvalue weighted by Gasteiger charge is 2.31. The molecule has 0 spiro atoms. The zero-order valence-corrected chi connectivity index (χ0v) is 11.0. The lowest BCUT2D eigenvalue weighted by Gasteiger charge is -2.23. The molecule has 100 valence electrons. The molecule has 1 aliphatic heterocycles. The average molecular weight is 255 g/mol. The van der Waals surface area contributed by atoms with E-state index >= 15 is 0 Å². The van der Waals surface area contributed by atoms with Gasteiger partial charge in [-0.1, -0.05) is 0 Å². The third-order valence-corrected chi connectivity index (χ3v) is 3.62. The van der Waals surface area contributed by atoms with E-state index in [1.165, 1.54) is 0 Å². The van der Waals surface area contributed by atoms with E-state index in [9.17, 15) is 8.78 Å². The van der Waals surface area contributed by atoms with Gasteiger partial charge in [0.2, 0.25) is 0 Å². The van der Waals surface area contributed by atoms with Crippen LogP contribution in [0.25, 0.3) is 0 Å². The first-order valence-electron chi connectivity index (χ1n) is 6.27. The summed E-state index contributed by atoms with van der Waals surface area (Å²) in [6, 6.07) is 2.43. The molecule has 3 unspecified atom stereocenters. The molecule has 0 aromatic heterocycles. The van der Waals surface area contributed by atoms with E-state index in [-0.39, 0.29) is 18.1 Å². The van der Waals surface area contributed by atoms with Crippen molar-refractivity contribution in [2.24, 2.45) is 5.92 Å². The van der Waals surface area contributed by atoms with E-state index in [1.54, 1.807) is 20.0 Å². The molecule has 1 fully saturated rings. The first-order valence-corrected chi connectivity index (χ1v) is 6.27. The molecule has 1 heterocycles. The lowest BCUT2D eigenvalue weighted by atomic mass is 9.90. The quantitative estimate of drug-likeness (QED) is 0.896. The smallest absolute Gasteiger partial charge is 0.130 e. The van der Waals surface area contributed by atoms with Gasteiger partial charge in [-0.15, -0.1) is 0 Å². The molecule has 18 heavy (non-hydrogen) atoms. The molecule has 1 aliphatic rings. The van der Waals surface area contributed by atoms with Gasteiger partial charge < -0.3 is 10.1 Å². The van der Waals surface area contributed by atoms with Gasteiger partial charge in [0.25, 0.3) is 0 Å². The maximum atomic E-state index is 13.9. The molecular weight excluding hydrogens is 236 g/mol. The zero-order valence-electron chi connectivity index (χ0n) is 11.0. The van der Waals surface area contributed by atoms with Crippen LogP contribution < -0.4 is 5.32 Å². The number of hydrogen-bond donors (Lipinski definition) is 1. The molecule has 1 N–H and O–H groups in total. The standard InChI is InChI=1S/C14H19F2NO/c1-8-4-11(13(16)6-12(8)15)14(17-3)10-5-9(2)18-7-10/h4,6,9-10,14,17H,5,7H2,1-3H3. The van der Waals surface area contributed by atoms with Gasteiger partial charge in [0.15, 0.2) is 0 Å². The minimum atomic E-state index is -0.498. The van der Waals surface area contributed by atoms with Crippen LogP contribution in [-0.2, 0) is 4.74 Å². The number of nitrogens with one attached hydrogen (secondary N) is 1. The highest BCUT2D eigenvalue weighted by atomic mass is 19.1. The first kappa shape index (κ1) is 13.4. The Labute approximate surface area is 106 Å². The second-order valence-corrected chi connectivity index (χ2v) is 5.03. The van der Waals surface area contributed by atoms with Gasteiger partial charge in [-0.25, -0.2) is 8.78 Å². The van der Waals surface area contributed by atoms with Crippen LogP contribution in [0.15, 0.2) is 12.1 Å². The van der Waals surface area contributed by atoms with E-state index in [4.69, 9.17) is 4.74 Å². The highest BCUT2D eigenvalue weighted by molar-refractivity contribution is 5.29. The summed E-state index contributed by atoms with van der Waals surface area (Å²) in [6.07, 6.45) is 1.09. The largest absolute Gasteiger partial charge is 0.378 e. The van der Waals surface area contributed by atoms with Gasteiger partial charge in [-0.05, 0) is 38.9 Å². The SMILES string of the molecule is CNC(c1cc(C)c(F)cc1F)C1COC(C)C1. The summed E-state index contributed by atoms with van der Waals surface area (Å²) in [5.74, 6) is -0.761. The lowest BCUT2D eigenvalue weighted by molar-refractivity contribution is 0.117. The number of hydrogen-bond acceptors (Lipinski definition) is 2. The molecule has 0 saturated carbocycles. The second-order valence-electron chi connectivity index (χ2n) is 5.03. The first-order chi connectivity index (χ1) is 8.52. The van der Waals surface area contributed by atoms with Crippen molar-refractivity contribution >= 4 is 0 Å². The fourth-order valence-electron chi connectivity index (χ4n) is 2.65. The number of rotatable bonds is 3. The van der Waals surface area contributed by atoms with Crippen LogP contribution in [0.1, 0.15) is 30.5 Å². The van der Waals surface area contributed by atoms with Crippen molar-refractivity contribution in [3.8, 4) is 0 Å². The fourth-order valence-corrected chi connectivity index (χ4v) is 2.65. The molecule has 1 saturated heterocycles. The number of aryl methyl sites for hydroxylation is 1. The van der Waals surface area contributed by atoms with Crippen LogP contribution in [0, 0.1) is 24.5 Å². The summed E-state index contributed by atoms with van der Waals surface area (Å²) in [6.45, 7) is 4.28. The van der Waals surface area contributed by atoms with Gasteiger partial charge in [-0.2, -0.15) is 0 Å². The van der Waals surface area contributed by atoms with E-state index in [1.807, 2.05) is 6.92 Å². The maximum absolute atomic E-state index is 13.9. The van der Waals surface area contributed by atoms with Crippen molar-refractivity contribution in [2.45, 2.75) is 32.4 Å². The van der Waals surface area contributed by atoms with Gasteiger partial charge in [0.1, 0.15) is 11.6 Å². The van der Waals surface area contributed by atoms with Crippen molar-refractivity contribution in [3.63, 3.8) is 0 Å². The van der Waals surface area contributed by atoms with E-state index < -0.39 is 11.6 Å². The molecule has 2 nitrogen and oxygen atoms in total. The maximum Gasteiger partial charge on any atom is 0.130 e. The summed E-state index contributed by atoms with van der Waals surface area (Å²) in [4.78, 5) is 0. The van der Waals surface area contributed by atoms with Gasteiger partial charge in [-0.3, -0.25) is 0 Å². The Hall–Kier alpha value is -1.00. The van der Waals surface area contributed by atoms with Gasteiger partial charge in [0.05, 0.1) is 12.7 Å². The highest BCUT2D eigenvalue weighted by Crippen LogP contribution is 2.33. The average Bonchev–Trinajstić information content (AvgIpc) is 2.73. The van der Waals surface area contributed by atoms with E-state index in [0.29, 0.717) is 17.7 Å². The molecule has 2 rings (SSSR count). The molecule has 0 aliphatic carbocycles. The van der Waals surface area contributed by atoms with Gasteiger partial charge >= 0.3 is 0 Å². The van der Waals surface area contributed by atoms with Crippen LogP contribution in [0.2, 0.25) is 0 Å². The van der Waals surface area contributed by atoms with E-state index in [0.717, 1.165) is 12.5 Å². The minimum Gasteiger partial charge on any atom is -0.378 e. The van der Waals surface area contributed by atoms with Crippen LogP contribution in [0.5, 0.6) is 0 Å². The number of benzene rings is 1. The van der Waals surface area contributed by atoms with Crippen molar-refractivity contribution in [1.82, 2.24) is 5.32 Å². The Morgan fingerprint density at radius 3 is 2.61 bits per heavy atom. The summed E-state index contributed by atoms with van der Waals surface area (Å²) in [7, 11) is 1.80. The number of halogens is 2. The monoisotopic (exact) mass is 255 g/mol. The molecule has 4 heteroatoms. The Morgan fingerprint density at radius 1 is 1.33 bits per heavy atom. The normalized spacial score (nSPS) is 25.4. The summed E-state index contributed by atoms with van der Waals surface area (Å²) in [5.41, 5.74) is 0.998. The summed E-state index contributed by atoms with van der Waals surface area (Å²) >= 11 is 0. The predicted octanol–water partition coefficient (Wildman–Crippen LogP) is 2.96. The van der Waals surface area contributed by atoms with E-state index in [2.05, 4.69) is 5.32 Å². The fraction of sp³-hybridized carbons (Fsp3) is 0.571. The third-order valence-electron chi connectivity index (χ3n) is 3.62. The molecular formula is C14H19F2NO.